The number of fused-ring (bicyclic) bond motifs is 1. The number of carbonyl (C=O) groups excluding carboxylic acids is 2. The van der Waals surface area contributed by atoms with Crippen molar-refractivity contribution in [3.8, 4) is 0 Å². The molecule has 32 heavy (non-hydrogen) atoms. The average Bonchev–Trinajstić information content (AvgIpc) is 2.80. The third-order valence-electron chi connectivity index (χ3n) is 5.77. The van der Waals surface area contributed by atoms with E-state index >= 15 is 0 Å². The molecule has 1 aliphatic rings. The summed E-state index contributed by atoms with van der Waals surface area (Å²) in [4.78, 5) is 39.1. The molecular formula is C25H30N2O5. The number of amides is 1. The summed E-state index contributed by atoms with van der Waals surface area (Å²) in [6.07, 6.45) is 1.37. The van der Waals surface area contributed by atoms with Gasteiger partial charge in [-0.1, -0.05) is 54.6 Å². The lowest BCUT2D eigenvalue weighted by atomic mass is 9.93. The van der Waals surface area contributed by atoms with Crippen molar-refractivity contribution in [1.82, 2.24) is 10.2 Å². The fourth-order valence-corrected chi connectivity index (χ4v) is 4.06. The van der Waals surface area contributed by atoms with Gasteiger partial charge < -0.3 is 14.7 Å². The van der Waals surface area contributed by atoms with Crippen molar-refractivity contribution in [2.75, 3.05) is 6.61 Å². The van der Waals surface area contributed by atoms with Crippen molar-refractivity contribution in [3.05, 3.63) is 71.3 Å². The SMILES string of the molecule is CCOC(=O)[C@H](CCc1ccccc1)N[C@H](C)C(=O)N1Cc2ccccc2C[C@H]1C(=O)O. The Kier molecular flexibility index (Phi) is 8.00. The van der Waals surface area contributed by atoms with E-state index in [0.29, 0.717) is 12.8 Å². The third-order valence-corrected chi connectivity index (χ3v) is 5.77. The van der Waals surface area contributed by atoms with E-state index in [2.05, 4.69) is 5.32 Å². The smallest absolute Gasteiger partial charge is 0.326 e. The first-order valence-corrected chi connectivity index (χ1v) is 11.0. The van der Waals surface area contributed by atoms with Gasteiger partial charge >= 0.3 is 11.9 Å². The fourth-order valence-electron chi connectivity index (χ4n) is 4.06. The Balaban J connectivity index is 1.72. The molecule has 7 nitrogen and oxygen atoms in total. The van der Waals surface area contributed by atoms with E-state index in [1.54, 1.807) is 13.8 Å². The molecule has 1 amide bonds. The molecule has 0 spiro atoms. The molecule has 3 rings (SSSR count). The Labute approximate surface area is 188 Å². The molecule has 2 aromatic rings. The minimum Gasteiger partial charge on any atom is -0.480 e. The van der Waals surface area contributed by atoms with Crippen molar-refractivity contribution < 1.29 is 24.2 Å². The van der Waals surface area contributed by atoms with Crippen LogP contribution in [0.15, 0.2) is 54.6 Å². The van der Waals surface area contributed by atoms with Crippen molar-refractivity contribution in [2.45, 2.75) is 57.8 Å². The van der Waals surface area contributed by atoms with Gasteiger partial charge in [0, 0.05) is 13.0 Å². The first-order valence-electron chi connectivity index (χ1n) is 11.0. The molecule has 0 bridgehead atoms. The lowest BCUT2D eigenvalue weighted by Gasteiger charge is -2.36. The lowest BCUT2D eigenvalue weighted by molar-refractivity contribution is -0.153. The molecular weight excluding hydrogens is 408 g/mol. The van der Waals surface area contributed by atoms with E-state index in [1.807, 2.05) is 54.6 Å². The van der Waals surface area contributed by atoms with Crippen LogP contribution >= 0.6 is 0 Å². The second-order valence-corrected chi connectivity index (χ2v) is 8.01. The maximum Gasteiger partial charge on any atom is 0.326 e. The van der Waals surface area contributed by atoms with Crippen molar-refractivity contribution in [3.63, 3.8) is 0 Å². The monoisotopic (exact) mass is 438 g/mol. The fraction of sp³-hybridized carbons (Fsp3) is 0.400. The van der Waals surface area contributed by atoms with Crippen molar-refractivity contribution >= 4 is 17.8 Å². The maximum absolute atomic E-state index is 13.3. The lowest BCUT2D eigenvalue weighted by Crippen LogP contribution is -2.56. The van der Waals surface area contributed by atoms with Gasteiger partial charge in [0.05, 0.1) is 12.6 Å². The number of ether oxygens (including phenoxy) is 1. The number of carbonyl (C=O) groups is 3. The highest BCUT2D eigenvalue weighted by Gasteiger charge is 2.37. The van der Waals surface area contributed by atoms with E-state index in [0.717, 1.165) is 16.7 Å². The van der Waals surface area contributed by atoms with Gasteiger partial charge in [0.2, 0.25) is 5.91 Å². The summed E-state index contributed by atoms with van der Waals surface area (Å²) in [5.74, 6) is -1.80. The Morgan fingerprint density at radius 1 is 1.09 bits per heavy atom. The zero-order valence-corrected chi connectivity index (χ0v) is 18.5. The molecule has 2 N–H and O–H groups in total. The number of carboxylic acid groups (broad SMARTS) is 1. The standard InChI is InChI=1S/C25H30N2O5/c1-3-32-25(31)21(14-13-18-9-5-4-6-10-18)26-17(2)23(28)27-16-20-12-8-7-11-19(20)15-22(27)24(29)30/h4-12,17,21-22,26H,3,13-16H2,1-2H3,(H,29,30)/t17-,21+,22+/m1/s1. The van der Waals surface area contributed by atoms with Gasteiger partial charge in [-0.15, -0.1) is 0 Å². The van der Waals surface area contributed by atoms with E-state index < -0.39 is 30.1 Å². The Morgan fingerprint density at radius 2 is 1.75 bits per heavy atom. The van der Waals surface area contributed by atoms with Gasteiger partial charge in [0.15, 0.2) is 0 Å². The van der Waals surface area contributed by atoms with Crippen LogP contribution in [-0.4, -0.2) is 52.6 Å². The molecule has 0 aliphatic carbocycles. The number of aliphatic carboxylic acids is 1. The van der Waals surface area contributed by atoms with Crippen LogP contribution in [0, 0.1) is 0 Å². The molecule has 0 radical (unpaired) electrons. The van der Waals surface area contributed by atoms with Crippen LogP contribution in [0.4, 0.5) is 0 Å². The van der Waals surface area contributed by atoms with Crippen LogP contribution in [0.1, 0.15) is 37.0 Å². The number of hydrogen-bond acceptors (Lipinski definition) is 5. The normalized spacial score (nSPS) is 17.2. The maximum atomic E-state index is 13.3. The van der Waals surface area contributed by atoms with E-state index in [9.17, 15) is 19.5 Å². The van der Waals surface area contributed by atoms with Crippen LogP contribution < -0.4 is 5.32 Å². The minimum atomic E-state index is -1.04. The highest BCUT2D eigenvalue weighted by molar-refractivity contribution is 5.88. The molecule has 1 heterocycles. The van der Waals surface area contributed by atoms with E-state index in [1.165, 1.54) is 4.90 Å². The van der Waals surface area contributed by atoms with Crippen LogP contribution in [-0.2, 0) is 38.5 Å². The number of carboxylic acids is 1. The summed E-state index contributed by atoms with van der Waals surface area (Å²) in [6, 6.07) is 15.0. The molecule has 0 aromatic heterocycles. The summed E-state index contributed by atoms with van der Waals surface area (Å²) < 4.78 is 5.20. The topological polar surface area (TPSA) is 95.9 Å². The van der Waals surface area contributed by atoms with Gasteiger partial charge in [-0.25, -0.2) is 4.79 Å². The quantitative estimate of drug-likeness (QED) is 0.584. The predicted octanol–water partition coefficient (Wildman–Crippen LogP) is 2.57. The summed E-state index contributed by atoms with van der Waals surface area (Å²) in [5.41, 5.74) is 2.97. The summed E-state index contributed by atoms with van der Waals surface area (Å²) in [7, 11) is 0. The molecule has 0 saturated heterocycles. The Bertz CT molecular complexity index is 946. The van der Waals surface area contributed by atoms with Crippen molar-refractivity contribution in [2.24, 2.45) is 0 Å². The zero-order valence-electron chi connectivity index (χ0n) is 18.5. The Morgan fingerprint density at radius 3 is 2.41 bits per heavy atom. The number of nitrogens with zero attached hydrogens (tertiary/aromatic N) is 1. The molecule has 0 unspecified atom stereocenters. The van der Waals surface area contributed by atoms with Crippen LogP contribution in [0.5, 0.6) is 0 Å². The number of aryl methyl sites for hydroxylation is 1. The van der Waals surface area contributed by atoms with Gasteiger partial charge in [-0.2, -0.15) is 0 Å². The highest BCUT2D eigenvalue weighted by Crippen LogP contribution is 2.24. The third kappa shape index (κ3) is 5.73. The Hall–Kier alpha value is -3.19. The van der Waals surface area contributed by atoms with Gasteiger partial charge in [-0.05, 0) is 43.4 Å². The molecule has 7 heteroatoms. The average molecular weight is 439 g/mol. The van der Waals surface area contributed by atoms with Crippen LogP contribution in [0.2, 0.25) is 0 Å². The first kappa shape index (κ1) is 23.5. The summed E-state index contributed by atoms with van der Waals surface area (Å²) in [6.45, 7) is 3.88. The van der Waals surface area contributed by atoms with Gasteiger partial charge in [-0.3, -0.25) is 14.9 Å². The summed E-state index contributed by atoms with van der Waals surface area (Å²) >= 11 is 0. The van der Waals surface area contributed by atoms with Gasteiger partial charge in [0.25, 0.3) is 0 Å². The second-order valence-electron chi connectivity index (χ2n) is 8.01. The minimum absolute atomic E-state index is 0.228. The number of esters is 1. The van der Waals surface area contributed by atoms with Gasteiger partial charge in [0.1, 0.15) is 12.1 Å². The number of hydrogen-bond donors (Lipinski definition) is 2. The van der Waals surface area contributed by atoms with E-state index in [4.69, 9.17) is 4.74 Å². The highest BCUT2D eigenvalue weighted by atomic mass is 16.5. The van der Waals surface area contributed by atoms with Crippen molar-refractivity contribution in [1.29, 1.82) is 0 Å². The zero-order chi connectivity index (χ0) is 23.1. The number of nitrogens with one attached hydrogen (secondary N) is 1. The number of rotatable bonds is 9. The second kappa shape index (κ2) is 10.9. The summed E-state index contributed by atoms with van der Waals surface area (Å²) in [5, 5.41) is 12.8. The number of benzene rings is 2. The van der Waals surface area contributed by atoms with Crippen LogP contribution in [0.3, 0.4) is 0 Å². The molecule has 1 aliphatic heterocycles. The first-order chi connectivity index (χ1) is 15.4. The molecule has 0 saturated carbocycles. The molecule has 170 valence electrons. The van der Waals surface area contributed by atoms with E-state index in [-0.39, 0.29) is 25.5 Å². The van der Waals surface area contributed by atoms with Crippen LogP contribution in [0.25, 0.3) is 0 Å². The largest absolute Gasteiger partial charge is 0.480 e. The molecule has 3 atom stereocenters. The predicted molar refractivity (Wildman–Crippen MR) is 120 cm³/mol. The molecule has 2 aromatic carbocycles. The molecule has 0 fully saturated rings.